The van der Waals surface area contributed by atoms with Gasteiger partial charge >= 0.3 is 5.97 Å². The second-order valence-corrected chi connectivity index (χ2v) is 9.22. The number of alkyl halides is 1. The van der Waals surface area contributed by atoms with E-state index in [1.807, 2.05) is 0 Å². The van der Waals surface area contributed by atoms with E-state index in [0.29, 0.717) is 30.6 Å². The number of halogens is 1. The first-order valence-electron chi connectivity index (χ1n) is 10.0. The van der Waals surface area contributed by atoms with Crippen LogP contribution in [0.2, 0.25) is 0 Å². The van der Waals surface area contributed by atoms with Gasteiger partial charge in [0.15, 0.2) is 0 Å². The summed E-state index contributed by atoms with van der Waals surface area (Å²) in [6.45, 7) is 3.97. The van der Waals surface area contributed by atoms with Crippen molar-refractivity contribution in [2.45, 2.75) is 77.5 Å². The molecule has 0 radical (unpaired) electrons. The standard InChI is InChI=1S/C21H31FO3/c1-13(24)25-19-6-5-17-16-4-3-14-11-15(22)7-10-21(14,12-23)18(16)8-9-20(17,19)2/h3,15-19,23H,4-12H2,1-2H3/t15?,16-,17-,18-,19?,20-,21+/m0/s1. The van der Waals surface area contributed by atoms with Crippen molar-refractivity contribution in [1.29, 1.82) is 0 Å². The Kier molecular flexibility index (Phi) is 4.25. The summed E-state index contributed by atoms with van der Waals surface area (Å²) in [5.41, 5.74) is 1.06. The van der Waals surface area contributed by atoms with E-state index in [4.69, 9.17) is 4.74 Å². The monoisotopic (exact) mass is 350 g/mol. The summed E-state index contributed by atoms with van der Waals surface area (Å²) >= 11 is 0. The van der Waals surface area contributed by atoms with Gasteiger partial charge in [-0.1, -0.05) is 18.6 Å². The van der Waals surface area contributed by atoms with E-state index in [1.54, 1.807) is 0 Å². The van der Waals surface area contributed by atoms with Crippen LogP contribution in [0.25, 0.3) is 0 Å². The van der Waals surface area contributed by atoms with E-state index in [2.05, 4.69) is 13.0 Å². The van der Waals surface area contributed by atoms with Crippen LogP contribution < -0.4 is 0 Å². The summed E-state index contributed by atoms with van der Waals surface area (Å²) in [5, 5.41) is 10.3. The summed E-state index contributed by atoms with van der Waals surface area (Å²) in [5.74, 6) is 1.36. The maximum absolute atomic E-state index is 14.0. The number of ether oxygens (including phenoxy) is 1. The van der Waals surface area contributed by atoms with Gasteiger partial charge in [-0.2, -0.15) is 0 Å². The molecule has 4 aliphatic rings. The van der Waals surface area contributed by atoms with Gasteiger partial charge in [-0.15, -0.1) is 0 Å². The number of esters is 1. The van der Waals surface area contributed by atoms with Crippen LogP contribution in [-0.2, 0) is 9.53 Å². The van der Waals surface area contributed by atoms with E-state index in [1.165, 1.54) is 12.5 Å². The summed E-state index contributed by atoms with van der Waals surface area (Å²) in [6, 6.07) is 0. The van der Waals surface area contributed by atoms with E-state index in [0.717, 1.165) is 38.5 Å². The molecule has 0 saturated heterocycles. The molecule has 3 nitrogen and oxygen atoms in total. The van der Waals surface area contributed by atoms with Crippen LogP contribution in [0, 0.1) is 28.6 Å². The number of aliphatic hydroxyl groups is 1. The Hall–Kier alpha value is -0.900. The molecule has 0 spiro atoms. The molecule has 3 fully saturated rings. The Morgan fingerprint density at radius 1 is 1.28 bits per heavy atom. The van der Waals surface area contributed by atoms with Gasteiger partial charge < -0.3 is 9.84 Å². The lowest BCUT2D eigenvalue weighted by Gasteiger charge is -2.58. The first kappa shape index (κ1) is 17.5. The number of hydrogen-bond acceptors (Lipinski definition) is 3. The molecule has 0 aromatic carbocycles. The largest absolute Gasteiger partial charge is 0.462 e. The van der Waals surface area contributed by atoms with Gasteiger partial charge in [0.2, 0.25) is 0 Å². The molecule has 2 unspecified atom stereocenters. The van der Waals surface area contributed by atoms with Crippen LogP contribution in [0.3, 0.4) is 0 Å². The molecule has 140 valence electrons. The van der Waals surface area contributed by atoms with Crippen LogP contribution in [0.15, 0.2) is 11.6 Å². The zero-order chi connectivity index (χ0) is 17.8. The van der Waals surface area contributed by atoms with Gasteiger partial charge in [-0.05, 0) is 62.7 Å². The Bertz CT molecular complexity index is 588. The van der Waals surface area contributed by atoms with Gasteiger partial charge in [-0.25, -0.2) is 4.39 Å². The molecule has 4 aliphatic carbocycles. The molecule has 7 atom stereocenters. The van der Waals surface area contributed by atoms with Crippen molar-refractivity contribution >= 4 is 5.97 Å². The second-order valence-electron chi connectivity index (χ2n) is 9.22. The number of aliphatic hydroxyl groups excluding tert-OH is 1. The molecular formula is C21H31FO3. The minimum atomic E-state index is -0.740. The third kappa shape index (κ3) is 2.50. The van der Waals surface area contributed by atoms with E-state index in [-0.39, 0.29) is 29.5 Å². The average Bonchev–Trinajstić information content (AvgIpc) is 2.90. The lowest BCUT2D eigenvalue weighted by molar-refractivity contribution is -0.157. The highest BCUT2D eigenvalue weighted by Gasteiger charge is 2.60. The first-order valence-corrected chi connectivity index (χ1v) is 10.0. The minimum Gasteiger partial charge on any atom is -0.462 e. The first-order chi connectivity index (χ1) is 11.9. The number of fused-ring (bicyclic) bond motifs is 5. The van der Waals surface area contributed by atoms with Crippen molar-refractivity contribution in [2.75, 3.05) is 6.61 Å². The molecule has 0 aromatic heterocycles. The van der Waals surface area contributed by atoms with Gasteiger partial charge in [0.25, 0.3) is 0 Å². The van der Waals surface area contributed by atoms with Gasteiger partial charge in [0.05, 0.1) is 6.61 Å². The van der Waals surface area contributed by atoms with Crippen molar-refractivity contribution in [1.82, 2.24) is 0 Å². The number of carbonyl (C=O) groups excluding carboxylic acids is 1. The molecule has 0 amide bonds. The minimum absolute atomic E-state index is 0.0352. The van der Waals surface area contributed by atoms with Crippen molar-refractivity contribution in [3.63, 3.8) is 0 Å². The average molecular weight is 350 g/mol. The SMILES string of the molecule is CC(=O)OC1CC[C@H]2[C@@H]3CC=C4CC(F)CC[C@]4(CO)[C@H]3CC[C@]12C. The van der Waals surface area contributed by atoms with Crippen LogP contribution in [0.1, 0.15) is 65.2 Å². The molecule has 0 aromatic rings. The highest BCUT2D eigenvalue weighted by atomic mass is 19.1. The summed E-state index contributed by atoms with van der Waals surface area (Å²) < 4.78 is 19.6. The molecule has 1 N–H and O–H groups in total. The van der Waals surface area contributed by atoms with Crippen molar-refractivity contribution in [3.05, 3.63) is 11.6 Å². The molecule has 0 bridgehead atoms. The summed E-state index contributed by atoms with van der Waals surface area (Å²) in [7, 11) is 0. The molecule has 0 heterocycles. The third-order valence-electron chi connectivity index (χ3n) is 8.27. The molecule has 25 heavy (non-hydrogen) atoms. The highest BCUT2D eigenvalue weighted by molar-refractivity contribution is 5.66. The number of carbonyl (C=O) groups is 1. The lowest BCUT2D eigenvalue weighted by Crippen LogP contribution is -2.53. The maximum atomic E-state index is 14.0. The van der Waals surface area contributed by atoms with Gasteiger partial charge in [0.1, 0.15) is 12.3 Å². The number of allylic oxidation sites excluding steroid dienone is 1. The maximum Gasteiger partial charge on any atom is 0.302 e. The van der Waals surface area contributed by atoms with Crippen molar-refractivity contribution < 1.29 is 19.0 Å². The van der Waals surface area contributed by atoms with Crippen LogP contribution in [0.5, 0.6) is 0 Å². The topological polar surface area (TPSA) is 46.5 Å². The fourth-order valence-electron chi connectivity index (χ4n) is 7.05. The fraction of sp³-hybridized carbons (Fsp3) is 0.857. The lowest BCUT2D eigenvalue weighted by atomic mass is 9.47. The summed E-state index contributed by atoms with van der Waals surface area (Å²) in [4.78, 5) is 11.5. The van der Waals surface area contributed by atoms with Crippen LogP contribution in [-0.4, -0.2) is 30.0 Å². The predicted molar refractivity (Wildman–Crippen MR) is 93.6 cm³/mol. The van der Waals surface area contributed by atoms with Gasteiger partial charge in [-0.3, -0.25) is 4.79 Å². The molecule has 0 aliphatic heterocycles. The van der Waals surface area contributed by atoms with Crippen LogP contribution in [0.4, 0.5) is 4.39 Å². The molecular weight excluding hydrogens is 319 g/mol. The Morgan fingerprint density at radius 2 is 2.08 bits per heavy atom. The fourth-order valence-corrected chi connectivity index (χ4v) is 7.05. The van der Waals surface area contributed by atoms with E-state index >= 15 is 0 Å². The molecule has 4 rings (SSSR count). The zero-order valence-electron chi connectivity index (χ0n) is 15.5. The van der Waals surface area contributed by atoms with E-state index in [9.17, 15) is 14.3 Å². The zero-order valence-corrected chi connectivity index (χ0v) is 15.5. The van der Waals surface area contributed by atoms with Gasteiger partial charge in [0, 0.05) is 24.2 Å². The number of rotatable bonds is 2. The second kappa shape index (κ2) is 6.07. The molecule has 4 heteroatoms. The normalized spacial score (nSPS) is 48.8. The number of hydrogen-bond donors (Lipinski definition) is 1. The Morgan fingerprint density at radius 3 is 2.80 bits per heavy atom. The summed E-state index contributed by atoms with van der Waals surface area (Å²) in [6.07, 6.45) is 8.61. The van der Waals surface area contributed by atoms with E-state index < -0.39 is 6.17 Å². The van der Waals surface area contributed by atoms with Crippen molar-refractivity contribution in [2.24, 2.45) is 28.6 Å². The van der Waals surface area contributed by atoms with Crippen LogP contribution >= 0.6 is 0 Å². The highest BCUT2D eigenvalue weighted by Crippen LogP contribution is 2.65. The predicted octanol–water partition coefficient (Wildman–Crippen LogP) is 4.19. The Labute approximate surface area is 150 Å². The Balaban J connectivity index is 1.64. The smallest absolute Gasteiger partial charge is 0.302 e. The molecule has 3 saturated carbocycles. The quantitative estimate of drug-likeness (QED) is 0.600. The third-order valence-corrected chi connectivity index (χ3v) is 8.27. The van der Waals surface area contributed by atoms with Crippen molar-refractivity contribution in [3.8, 4) is 0 Å².